The van der Waals surface area contributed by atoms with Gasteiger partial charge in [0.25, 0.3) is 0 Å². The van der Waals surface area contributed by atoms with Crippen LogP contribution >= 0.6 is 11.3 Å². The molecule has 1 N–H and O–H groups in total. The van der Waals surface area contributed by atoms with Crippen molar-refractivity contribution in [3.63, 3.8) is 0 Å². The van der Waals surface area contributed by atoms with E-state index in [1.54, 1.807) is 0 Å². The highest BCUT2D eigenvalue weighted by Crippen LogP contribution is 2.23. The Morgan fingerprint density at radius 1 is 1.47 bits per heavy atom. The van der Waals surface area contributed by atoms with Gasteiger partial charge in [0.2, 0.25) is 5.91 Å². The Bertz CT molecular complexity index is 422. The van der Waals surface area contributed by atoms with E-state index in [4.69, 9.17) is 0 Å². The Balaban J connectivity index is 1.90. The van der Waals surface area contributed by atoms with E-state index in [9.17, 15) is 4.79 Å². The van der Waals surface area contributed by atoms with E-state index in [0.29, 0.717) is 6.42 Å². The monoisotopic (exact) mass is 281 g/mol. The Morgan fingerprint density at radius 2 is 2.16 bits per heavy atom. The molecule has 2 unspecified atom stereocenters. The van der Waals surface area contributed by atoms with Crippen molar-refractivity contribution in [2.45, 2.75) is 40.2 Å². The lowest BCUT2D eigenvalue weighted by Crippen LogP contribution is -2.38. The summed E-state index contributed by atoms with van der Waals surface area (Å²) in [5, 5.41) is 5.59. The van der Waals surface area contributed by atoms with Gasteiger partial charge in [-0.2, -0.15) is 0 Å². The first kappa shape index (κ1) is 14.5. The van der Waals surface area contributed by atoms with E-state index >= 15 is 0 Å². The largest absolute Gasteiger partial charge is 0.302 e. The van der Waals surface area contributed by atoms with Crippen LogP contribution in [-0.2, 0) is 11.3 Å². The van der Waals surface area contributed by atoms with Gasteiger partial charge >= 0.3 is 0 Å². The van der Waals surface area contributed by atoms with Crippen molar-refractivity contribution < 1.29 is 4.79 Å². The van der Waals surface area contributed by atoms with Gasteiger partial charge in [-0.15, -0.1) is 11.3 Å². The molecule has 2 rings (SSSR count). The number of nitrogens with one attached hydrogen (secondary N) is 1. The summed E-state index contributed by atoms with van der Waals surface area (Å²) in [6.07, 6.45) is 1.82. The van der Waals surface area contributed by atoms with Crippen molar-refractivity contribution in [2.24, 2.45) is 11.8 Å². The van der Waals surface area contributed by atoms with Gasteiger partial charge in [-0.1, -0.05) is 20.8 Å². The van der Waals surface area contributed by atoms with Gasteiger partial charge in [0.05, 0.1) is 5.69 Å². The predicted octanol–water partition coefficient (Wildman–Crippen LogP) is 2.97. The van der Waals surface area contributed by atoms with E-state index in [1.165, 1.54) is 17.8 Å². The number of hydrogen-bond acceptors (Lipinski definition) is 4. The molecule has 1 aliphatic rings. The maximum absolute atomic E-state index is 11.3. The number of thiazole rings is 1. The summed E-state index contributed by atoms with van der Waals surface area (Å²) in [7, 11) is 0. The van der Waals surface area contributed by atoms with Crippen LogP contribution in [0.25, 0.3) is 0 Å². The molecular formula is C14H23N3OS. The van der Waals surface area contributed by atoms with Crippen LogP contribution in [0.5, 0.6) is 0 Å². The first-order valence-electron chi connectivity index (χ1n) is 7.03. The maximum atomic E-state index is 11.3. The second kappa shape index (κ2) is 6.48. The average molecular weight is 281 g/mol. The summed E-state index contributed by atoms with van der Waals surface area (Å²) in [5.74, 6) is 1.56. The van der Waals surface area contributed by atoms with E-state index in [0.717, 1.165) is 42.3 Å². The molecule has 0 aliphatic carbocycles. The Hall–Kier alpha value is -0.940. The summed E-state index contributed by atoms with van der Waals surface area (Å²) in [6, 6.07) is 0. The number of nitrogens with zero attached hydrogens (tertiary/aromatic N) is 2. The van der Waals surface area contributed by atoms with E-state index in [2.05, 4.69) is 34.4 Å². The molecule has 0 spiro atoms. The van der Waals surface area contributed by atoms with Crippen LogP contribution in [0.3, 0.4) is 0 Å². The molecule has 19 heavy (non-hydrogen) atoms. The molecule has 1 aliphatic heterocycles. The average Bonchev–Trinajstić information content (AvgIpc) is 2.74. The molecular weight excluding hydrogens is 258 g/mol. The second-order valence-electron chi connectivity index (χ2n) is 5.69. The summed E-state index contributed by atoms with van der Waals surface area (Å²) >= 11 is 1.51. The van der Waals surface area contributed by atoms with Gasteiger partial charge in [-0.05, 0) is 18.3 Å². The molecule has 2 atom stereocenters. The zero-order valence-corrected chi connectivity index (χ0v) is 12.8. The van der Waals surface area contributed by atoms with Crippen LogP contribution in [0.1, 0.15) is 39.3 Å². The lowest BCUT2D eigenvalue weighted by atomic mass is 9.92. The molecule has 4 nitrogen and oxygen atoms in total. The molecule has 0 radical (unpaired) electrons. The topological polar surface area (TPSA) is 45.2 Å². The molecule has 0 bridgehead atoms. The number of hydrogen-bond donors (Lipinski definition) is 1. The zero-order chi connectivity index (χ0) is 13.8. The summed E-state index contributed by atoms with van der Waals surface area (Å²) < 4.78 is 0. The van der Waals surface area contributed by atoms with Gasteiger partial charge in [0.15, 0.2) is 5.13 Å². The van der Waals surface area contributed by atoms with Crippen molar-refractivity contribution >= 4 is 22.4 Å². The standard InChI is InChI=1S/C14H23N3OS/c1-4-13(18)16-14-15-12(9-19-14)8-17-6-10(2)5-11(3)7-17/h9-11H,4-8H2,1-3H3,(H,15,16,18). The molecule has 1 amide bonds. The molecule has 1 aromatic heterocycles. The van der Waals surface area contributed by atoms with Gasteiger partial charge in [-0.3, -0.25) is 9.69 Å². The molecule has 2 heterocycles. The van der Waals surface area contributed by atoms with Crippen molar-refractivity contribution in [1.82, 2.24) is 9.88 Å². The first-order valence-corrected chi connectivity index (χ1v) is 7.91. The predicted molar refractivity (Wildman–Crippen MR) is 79.3 cm³/mol. The number of carbonyl (C=O) groups is 1. The number of anilines is 1. The fraction of sp³-hybridized carbons (Fsp3) is 0.714. The fourth-order valence-electron chi connectivity index (χ4n) is 2.79. The van der Waals surface area contributed by atoms with E-state index in [1.807, 2.05) is 6.92 Å². The summed E-state index contributed by atoms with van der Waals surface area (Å²) in [6.45, 7) is 9.68. The fourth-order valence-corrected chi connectivity index (χ4v) is 3.51. The molecule has 1 saturated heterocycles. The smallest absolute Gasteiger partial charge is 0.225 e. The molecule has 5 heteroatoms. The first-order chi connectivity index (χ1) is 9.06. The molecule has 1 aromatic rings. The minimum absolute atomic E-state index is 0.0288. The third kappa shape index (κ3) is 4.28. The van der Waals surface area contributed by atoms with Crippen LogP contribution in [-0.4, -0.2) is 28.9 Å². The highest BCUT2D eigenvalue weighted by molar-refractivity contribution is 7.13. The Labute approximate surface area is 119 Å². The third-order valence-corrected chi connectivity index (χ3v) is 4.26. The quantitative estimate of drug-likeness (QED) is 0.923. The summed E-state index contributed by atoms with van der Waals surface area (Å²) in [4.78, 5) is 18.3. The van der Waals surface area contributed by atoms with Crippen molar-refractivity contribution in [2.75, 3.05) is 18.4 Å². The highest BCUT2D eigenvalue weighted by Gasteiger charge is 2.22. The number of rotatable bonds is 4. The molecule has 0 saturated carbocycles. The Kier molecular flexibility index (Phi) is 4.93. The van der Waals surface area contributed by atoms with E-state index in [-0.39, 0.29) is 5.91 Å². The normalized spacial score (nSPS) is 24.4. The number of carbonyl (C=O) groups excluding carboxylic acids is 1. The number of piperidine rings is 1. The number of amides is 1. The van der Waals surface area contributed by atoms with E-state index < -0.39 is 0 Å². The lowest BCUT2D eigenvalue weighted by Gasteiger charge is -2.34. The van der Waals surface area contributed by atoms with Gasteiger partial charge in [0, 0.05) is 31.4 Å². The van der Waals surface area contributed by atoms with Crippen LogP contribution in [0.4, 0.5) is 5.13 Å². The highest BCUT2D eigenvalue weighted by atomic mass is 32.1. The van der Waals surface area contributed by atoms with Crippen LogP contribution in [0.2, 0.25) is 0 Å². The third-order valence-electron chi connectivity index (χ3n) is 3.45. The number of likely N-dealkylation sites (tertiary alicyclic amines) is 1. The Morgan fingerprint density at radius 3 is 2.79 bits per heavy atom. The number of aromatic nitrogens is 1. The van der Waals surface area contributed by atoms with Crippen molar-refractivity contribution in [3.05, 3.63) is 11.1 Å². The zero-order valence-electron chi connectivity index (χ0n) is 12.0. The minimum Gasteiger partial charge on any atom is -0.302 e. The molecule has 0 aromatic carbocycles. The van der Waals surface area contributed by atoms with Gasteiger partial charge in [0.1, 0.15) is 0 Å². The van der Waals surface area contributed by atoms with Crippen molar-refractivity contribution in [3.8, 4) is 0 Å². The van der Waals surface area contributed by atoms with Crippen LogP contribution < -0.4 is 5.32 Å². The molecule has 106 valence electrons. The van der Waals surface area contributed by atoms with Gasteiger partial charge < -0.3 is 5.32 Å². The lowest BCUT2D eigenvalue weighted by molar-refractivity contribution is -0.115. The van der Waals surface area contributed by atoms with Crippen LogP contribution in [0.15, 0.2) is 5.38 Å². The molecule has 1 fully saturated rings. The van der Waals surface area contributed by atoms with Crippen molar-refractivity contribution in [1.29, 1.82) is 0 Å². The summed E-state index contributed by atoms with van der Waals surface area (Å²) in [5.41, 5.74) is 1.07. The SMILES string of the molecule is CCC(=O)Nc1nc(CN2CC(C)CC(C)C2)cs1. The maximum Gasteiger partial charge on any atom is 0.225 e. The van der Waals surface area contributed by atoms with Gasteiger partial charge in [-0.25, -0.2) is 4.98 Å². The minimum atomic E-state index is 0.0288. The van der Waals surface area contributed by atoms with Crippen LogP contribution in [0, 0.1) is 11.8 Å². The second-order valence-corrected chi connectivity index (χ2v) is 6.54.